The number of benzene rings is 3. The number of hydrogen-bond acceptors (Lipinski definition) is 4. The molecule has 0 saturated heterocycles. The summed E-state index contributed by atoms with van der Waals surface area (Å²) in [7, 11) is 0. The number of imidazole rings is 1. The Morgan fingerprint density at radius 3 is 2.63 bits per heavy atom. The van der Waals surface area contributed by atoms with Crippen molar-refractivity contribution in [2.75, 3.05) is 6.61 Å². The van der Waals surface area contributed by atoms with Crippen molar-refractivity contribution in [2.24, 2.45) is 0 Å². The monoisotopic (exact) mass is 499 g/mol. The SMILES string of the molecule is Cc1cc(Cl)ccc1OCCn1c(C)c(/C=c2\sc3nc4ccccc4n3c2=O)c2ccccc21. The van der Waals surface area contributed by atoms with Crippen LogP contribution in [0.15, 0.2) is 71.5 Å². The zero-order valence-corrected chi connectivity index (χ0v) is 20.9. The molecule has 3 aromatic heterocycles. The summed E-state index contributed by atoms with van der Waals surface area (Å²) in [6, 6.07) is 21.7. The van der Waals surface area contributed by atoms with Gasteiger partial charge in [-0.25, -0.2) is 9.38 Å². The molecule has 0 aliphatic rings. The van der Waals surface area contributed by atoms with Gasteiger partial charge in [-0.1, -0.05) is 53.3 Å². The molecule has 174 valence electrons. The molecule has 3 heterocycles. The Labute approximate surface area is 210 Å². The molecule has 7 heteroatoms. The fourth-order valence-electron chi connectivity index (χ4n) is 4.69. The predicted molar refractivity (Wildman–Crippen MR) is 144 cm³/mol. The largest absolute Gasteiger partial charge is 0.491 e. The average Bonchev–Trinajstić information content (AvgIpc) is 3.45. The van der Waals surface area contributed by atoms with Crippen LogP contribution in [-0.2, 0) is 6.54 Å². The van der Waals surface area contributed by atoms with Crippen molar-refractivity contribution in [3.63, 3.8) is 0 Å². The van der Waals surface area contributed by atoms with E-state index in [4.69, 9.17) is 16.3 Å². The minimum atomic E-state index is -0.0310. The van der Waals surface area contributed by atoms with Gasteiger partial charge in [0.25, 0.3) is 5.56 Å². The average molecular weight is 500 g/mol. The molecule has 0 saturated carbocycles. The van der Waals surface area contributed by atoms with E-state index in [0.29, 0.717) is 22.7 Å². The normalized spacial score (nSPS) is 12.4. The lowest BCUT2D eigenvalue weighted by Crippen LogP contribution is -2.22. The van der Waals surface area contributed by atoms with E-state index < -0.39 is 0 Å². The number of aryl methyl sites for hydroxylation is 1. The van der Waals surface area contributed by atoms with E-state index in [1.165, 1.54) is 11.3 Å². The maximum absolute atomic E-state index is 13.3. The summed E-state index contributed by atoms with van der Waals surface area (Å²) in [5.41, 5.74) is 5.93. The number of fused-ring (bicyclic) bond motifs is 4. The van der Waals surface area contributed by atoms with Crippen LogP contribution in [0.2, 0.25) is 5.02 Å². The first-order chi connectivity index (χ1) is 17.0. The molecular weight excluding hydrogens is 478 g/mol. The number of aromatic nitrogens is 3. The molecule has 6 aromatic rings. The summed E-state index contributed by atoms with van der Waals surface area (Å²) in [4.78, 5) is 18.7. The van der Waals surface area contributed by atoms with Crippen LogP contribution < -0.4 is 14.8 Å². The Hall–Kier alpha value is -3.61. The lowest BCUT2D eigenvalue weighted by Gasteiger charge is -2.12. The molecule has 0 aliphatic heterocycles. The first-order valence-corrected chi connectivity index (χ1v) is 12.6. The highest BCUT2D eigenvalue weighted by Gasteiger charge is 2.15. The lowest BCUT2D eigenvalue weighted by molar-refractivity contribution is 0.297. The Bertz CT molecular complexity index is 1850. The standard InChI is InChI=1S/C28H22ClN3O2S/c1-17-15-19(29)11-12-25(17)34-14-13-31-18(2)21(20-7-3-5-9-23(20)31)16-26-27(33)32-24-10-6-4-8-22(24)30-28(32)35-26/h3-12,15-16H,13-14H2,1-2H3/b26-16-. The predicted octanol–water partition coefficient (Wildman–Crippen LogP) is 5.76. The van der Waals surface area contributed by atoms with Crippen molar-refractivity contribution < 1.29 is 4.74 Å². The number of nitrogens with zero attached hydrogens (tertiary/aromatic N) is 3. The third-order valence-corrected chi connectivity index (χ3v) is 7.61. The van der Waals surface area contributed by atoms with Gasteiger partial charge in [0.1, 0.15) is 12.4 Å². The number of thiazole rings is 1. The van der Waals surface area contributed by atoms with E-state index in [9.17, 15) is 4.79 Å². The Balaban J connectivity index is 1.40. The number of hydrogen-bond donors (Lipinski definition) is 0. The molecule has 0 bridgehead atoms. The summed E-state index contributed by atoms with van der Waals surface area (Å²) >= 11 is 7.50. The lowest BCUT2D eigenvalue weighted by atomic mass is 10.1. The summed E-state index contributed by atoms with van der Waals surface area (Å²) in [5.74, 6) is 0.834. The van der Waals surface area contributed by atoms with Gasteiger partial charge in [-0.3, -0.25) is 4.79 Å². The third kappa shape index (κ3) is 3.70. The highest BCUT2D eigenvalue weighted by Crippen LogP contribution is 2.27. The van der Waals surface area contributed by atoms with Crippen LogP contribution in [0, 0.1) is 13.8 Å². The molecule has 0 amide bonds. The fourth-order valence-corrected chi connectivity index (χ4v) is 5.89. The van der Waals surface area contributed by atoms with Gasteiger partial charge in [-0.2, -0.15) is 0 Å². The van der Waals surface area contributed by atoms with Crippen molar-refractivity contribution in [1.29, 1.82) is 0 Å². The van der Waals surface area contributed by atoms with Crippen LogP contribution in [0.3, 0.4) is 0 Å². The first-order valence-electron chi connectivity index (χ1n) is 11.4. The van der Waals surface area contributed by atoms with Crippen LogP contribution in [0.5, 0.6) is 5.75 Å². The van der Waals surface area contributed by atoms with Crippen molar-refractivity contribution in [3.8, 4) is 5.75 Å². The van der Waals surface area contributed by atoms with Gasteiger partial charge in [0.2, 0.25) is 0 Å². The Morgan fingerprint density at radius 1 is 1.03 bits per heavy atom. The van der Waals surface area contributed by atoms with Crippen molar-refractivity contribution in [2.45, 2.75) is 20.4 Å². The molecule has 3 aromatic carbocycles. The highest BCUT2D eigenvalue weighted by molar-refractivity contribution is 7.15. The Morgan fingerprint density at radius 2 is 1.80 bits per heavy atom. The fraction of sp³-hybridized carbons (Fsp3) is 0.143. The highest BCUT2D eigenvalue weighted by atomic mass is 35.5. The van der Waals surface area contributed by atoms with Crippen molar-refractivity contribution >= 4 is 55.9 Å². The molecule has 6 rings (SSSR count). The second kappa shape index (κ2) is 8.56. The topological polar surface area (TPSA) is 48.5 Å². The number of rotatable bonds is 5. The summed E-state index contributed by atoms with van der Waals surface area (Å²) in [6.45, 7) is 5.29. The molecule has 0 aliphatic carbocycles. The van der Waals surface area contributed by atoms with Gasteiger partial charge in [-0.15, -0.1) is 0 Å². The molecule has 5 nitrogen and oxygen atoms in total. The molecule has 0 unspecified atom stereocenters. The van der Waals surface area contributed by atoms with Crippen LogP contribution >= 0.6 is 22.9 Å². The second-order valence-electron chi connectivity index (χ2n) is 8.56. The molecule has 0 N–H and O–H groups in total. The smallest absolute Gasteiger partial charge is 0.274 e. The summed E-state index contributed by atoms with van der Waals surface area (Å²) < 4.78 is 10.7. The minimum Gasteiger partial charge on any atom is -0.491 e. The summed E-state index contributed by atoms with van der Waals surface area (Å²) in [6.07, 6.45) is 2.01. The minimum absolute atomic E-state index is 0.0310. The van der Waals surface area contributed by atoms with Gasteiger partial charge in [0.15, 0.2) is 4.96 Å². The van der Waals surface area contributed by atoms with Gasteiger partial charge in [-0.05, 0) is 61.9 Å². The maximum Gasteiger partial charge on any atom is 0.274 e. The van der Waals surface area contributed by atoms with E-state index in [0.717, 1.165) is 49.5 Å². The van der Waals surface area contributed by atoms with E-state index in [2.05, 4.69) is 28.6 Å². The third-order valence-electron chi connectivity index (χ3n) is 6.41. The number of halogens is 1. The molecule has 0 atom stereocenters. The molecule has 0 radical (unpaired) electrons. The first kappa shape index (κ1) is 21.9. The van der Waals surface area contributed by atoms with E-state index in [1.54, 1.807) is 4.40 Å². The number of ether oxygens (including phenoxy) is 1. The van der Waals surface area contributed by atoms with Gasteiger partial charge in [0.05, 0.1) is 22.1 Å². The second-order valence-corrected chi connectivity index (χ2v) is 10.0. The molecule has 0 spiro atoms. The number of para-hydroxylation sites is 3. The zero-order valence-electron chi connectivity index (χ0n) is 19.3. The zero-order chi connectivity index (χ0) is 24.1. The van der Waals surface area contributed by atoms with Crippen LogP contribution in [0.25, 0.3) is 33.0 Å². The quantitative estimate of drug-likeness (QED) is 0.303. The van der Waals surface area contributed by atoms with Crippen LogP contribution in [-0.4, -0.2) is 20.6 Å². The van der Waals surface area contributed by atoms with Crippen LogP contribution in [0.4, 0.5) is 0 Å². The maximum atomic E-state index is 13.3. The van der Waals surface area contributed by atoms with Crippen molar-refractivity contribution in [3.05, 3.63) is 103 Å². The van der Waals surface area contributed by atoms with Crippen LogP contribution in [0.1, 0.15) is 16.8 Å². The van der Waals surface area contributed by atoms with Gasteiger partial charge < -0.3 is 9.30 Å². The van der Waals surface area contributed by atoms with E-state index >= 15 is 0 Å². The Kier molecular flexibility index (Phi) is 5.35. The van der Waals surface area contributed by atoms with Gasteiger partial charge >= 0.3 is 0 Å². The molecule has 0 fully saturated rings. The van der Waals surface area contributed by atoms with E-state index in [1.807, 2.05) is 67.6 Å². The van der Waals surface area contributed by atoms with E-state index in [-0.39, 0.29) is 5.56 Å². The van der Waals surface area contributed by atoms with Crippen molar-refractivity contribution in [1.82, 2.24) is 14.0 Å². The van der Waals surface area contributed by atoms with Gasteiger partial charge in [0, 0.05) is 27.2 Å². The molecule has 35 heavy (non-hydrogen) atoms. The summed E-state index contributed by atoms with van der Waals surface area (Å²) in [5, 5.41) is 1.82. The molecular formula is C28H22ClN3O2S.